The number of hydrogen-bond donors (Lipinski definition) is 2. The molecule has 0 spiro atoms. The zero-order chi connectivity index (χ0) is 23.0. The highest BCUT2D eigenvalue weighted by Gasteiger charge is 2.20. The van der Waals surface area contributed by atoms with Gasteiger partial charge in [-0.3, -0.25) is 0 Å². The van der Waals surface area contributed by atoms with Gasteiger partial charge in [0.1, 0.15) is 17.4 Å². The van der Waals surface area contributed by atoms with Crippen LogP contribution in [0.1, 0.15) is 31.4 Å². The van der Waals surface area contributed by atoms with E-state index in [0.717, 1.165) is 62.6 Å². The first-order chi connectivity index (χ1) is 16.1. The molecular weight excluding hydrogens is 420 g/mol. The first kappa shape index (κ1) is 23.2. The second-order valence-corrected chi connectivity index (χ2v) is 8.87. The fourth-order valence-electron chi connectivity index (χ4n) is 4.32. The molecule has 3 N–H and O–H groups in total. The monoisotopic (exact) mass is 456 g/mol. The Bertz CT molecular complexity index is 844. The summed E-state index contributed by atoms with van der Waals surface area (Å²) in [5.74, 6) is 3.46. The third-order valence-corrected chi connectivity index (χ3v) is 6.31. The lowest BCUT2D eigenvalue weighted by molar-refractivity contribution is 0.190. The minimum Gasteiger partial charge on any atom is -0.467 e. The van der Waals surface area contributed by atoms with Crippen LogP contribution in [0.4, 0.5) is 22.4 Å². The lowest BCUT2D eigenvalue weighted by Crippen LogP contribution is -2.41. The number of nitrogens with zero attached hydrogens (tertiary/aromatic N) is 6. The summed E-state index contributed by atoms with van der Waals surface area (Å²) >= 11 is 0. The van der Waals surface area contributed by atoms with Crippen LogP contribution in [0.15, 0.2) is 28.9 Å². The number of carbonyl (C=O) groups excluding carboxylic acids is 1. The second-order valence-electron chi connectivity index (χ2n) is 8.87. The normalized spacial score (nSPS) is 16.1. The van der Waals surface area contributed by atoms with Crippen molar-refractivity contribution >= 4 is 23.6 Å². The molecule has 0 atom stereocenters. The fourth-order valence-corrected chi connectivity index (χ4v) is 4.32. The number of aromatic nitrogens is 2. The Morgan fingerprint density at radius 2 is 1.82 bits per heavy atom. The van der Waals surface area contributed by atoms with Gasteiger partial charge < -0.3 is 35.1 Å². The van der Waals surface area contributed by atoms with Gasteiger partial charge in [-0.05, 0) is 44.9 Å². The van der Waals surface area contributed by atoms with E-state index >= 15 is 0 Å². The summed E-state index contributed by atoms with van der Waals surface area (Å²) in [7, 11) is 2.04. The van der Waals surface area contributed by atoms with E-state index in [1.807, 2.05) is 19.2 Å². The highest BCUT2D eigenvalue weighted by atomic mass is 16.3. The molecular formula is C23H36N8O2. The fraction of sp³-hybridized carbons (Fsp3) is 0.609. The van der Waals surface area contributed by atoms with Crippen LogP contribution in [0.2, 0.25) is 0 Å². The molecule has 2 saturated heterocycles. The van der Waals surface area contributed by atoms with E-state index in [0.29, 0.717) is 19.6 Å². The van der Waals surface area contributed by atoms with Crippen LogP contribution < -0.4 is 20.9 Å². The zero-order valence-corrected chi connectivity index (χ0v) is 19.6. The molecule has 10 heteroatoms. The Morgan fingerprint density at radius 3 is 2.48 bits per heavy atom. The number of primary amides is 1. The summed E-state index contributed by atoms with van der Waals surface area (Å²) in [4.78, 5) is 29.9. The van der Waals surface area contributed by atoms with Gasteiger partial charge in [0.15, 0.2) is 0 Å². The van der Waals surface area contributed by atoms with Crippen LogP contribution in [0.3, 0.4) is 0 Å². The molecule has 2 aromatic rings. The molecule has 0 radical (unpaired) electrons. The standard InChI is InChI=1S/C23H36N8O2/c1-28(14-15-31(22(24)32)18-19-7-6-16-33-19)13-8-25-20-17-21(29-9-2-3-10-29)27-23(26-20)30-11-4-5-12-30/h6-7,16-17H,2-5,8-15,18H2,1H3,(H2,24,32)(H,25,26,27). The summed E-state index contributed by atoms with van der Waals surface area (Å²) in [5, 5.41) is 3.48. The van der Waals surface area contributed by atoms with Crippen molar-refractivity contribution in [1.29, 1.82) is 0 Å². The highest BCUT2D eigenvalue weighted by Crippen LogP contribution is 2.25. The molecule has 4 rings (SSSR count). The van der Waals surface area contributed by atoms with Crippen LogP contribution >= 0.6 is 0 Å². The van der Waals surface area contributed by atoms with E-state index in [-0.39, 0.29) is 0 Å². The Balaban J connectivity index is 1.29. The molecule has 33 heavy (non-hydrogen) atoms. The predicted octanol–water partition coefficient (Wildman–Crippen LogP) is 2.19. The molecule has 2 fully saturated rings. The number of anilines is 3. The minimum absolute atomic E-state index is 0.383. The van der Waals surface area contributed by atoms with Gasteiger partial charge in [-0.25, -0.2) is 4.79 Å². The Kier molecular flexibility index (Phi) is 7.87. The van der Waals surface area contributed by atoms with E-state index in [1.54, 1.807) is 11.2 Å². The van der Waals surface area contributed by atoms with Crippen molar-refractivity contribution in [2.24, 2.45) is 5.73 Å². The van der Waals surface area contributed by atoms with E-state index in [2.05, 4.69) is 26.1 Å². The maximum absolute atomic E-state index is 11.8. The van der Waals surface area contributed by atoms with Gasteiger partial charge in [0.05, 0.1) is 12.8 Å². The lowest BCUT2D eigenvalue weighted by Gasteiger charge is -2.24. The molecule has 10 nitrogen and oxygen atoms in total. The van der Waals surface area contributed by atoms with Crippen LogP contribution in [0, 0.1) is 0 Å². The smallest absolute Gasteiger partial charge is 0.315 e. The Labute approximate surface area is 195 Å². The molecule has 0 aliphatic carbocycles. The number of urea groups is 1. The molecule has 2 aromatic heterocycles. The number of amides is 2. The molecule has 0 saturated carbocycles. The van der Waals surface area contributed by atoms with Crippen LogP contribution in [-0.2, 0) is 6.54 Å². The average molecular weight is 457 g/mol. The maximum atomic E-state index is 11.8. The van der Waals surface area contributed by atoms with Crippen molar-refractivity contribution in [2.75, 3.05) is 74.5 Å². The summed E-state index contributed by atoms with van der Waals surface area (Å²) in [6, 6.07) is 5.29. The molecule has 180 valence electrons. The summed E-state index contributed by atoms with van der Waals surface area (Å²) in [6.07, 6.45) is 6.45. The minimum atomic E-state index is -0.442. The van der Waals surface area contributed by atoms with Gasteiger partial charge in [0.25, 0.3) is 0 Å². The molecule has 0 bridgehead atoms. The quantitative estimate of drug-likeness (QED) is 0.530. The topological polar surface area (TPSA) is 107 Å². The summed E-state index contributed by atoms with van der Waals surface area (Å²) < 4.78 is 5.34. The molecule has 0 aromatic carbocycles. The largest absolute Gasteiger partial charge is 0.467 e. The van der Waals surface area contributed by atoms with Crippen LogP contribution in [-0.4, -0.2) is 85.2 Å². The van der Waals surface area contributed by atoms with Crippen molar-refractivity contribution in [3.8, 4) is 0 Å². The van der Waals surface area contributed by atoms with Gasteiger partial charge in [-0.1, -0.05) is 0 Å². The van der Waals surface area contributed by atoms with Gasteiger partial charge in [0.2, 0.25) is 5.95 Å². The van der Waals surface area contributed by atoms with Crippen molar-refractivity contribution in [3.63, 3.8) is 0 Å². The highest BCUT2D eigenvalue weighted by molar-refractivity contribution is 5.71. The first-order valence-electron chi connectivity index (χ1n) is 12.0. The number of carbonyl (C=O) groups is 1. The molecule has 2 aliphatic heterocycles. The number of nitrogens with two attached hydrogens (primary N) is 1. The Morgan fingerprint density at radius 1 is 1.09 bits per heavy atom. The third-order valence-electron chi connectivity index (χ3n) is 6.31. The van der Waals surface area contributed by atoms with Gasteiger partial charge in [0, 0.05) is 58.4 Å². The van der Waals surface area contributed by atoms with Crippen molar-refractivity contribution < 1.29 is 9.21 Å². The molecule has 2 aliphatic rings. The van der Waals surface area contributed by atoms with Crippen molar-refractivity contribution in [2.45, 2.75) is 32.2 Å². The maximum Gasteiger partial charge on any atom is 0.315 e. The number of nitrogens with one attached hydrogen (secondary N) is 1. The molecule has 0 unspecified atom stereocenters. The predicted molar refractivity (Wildman–Crippen MR) is 130 cm³/mol. The molecule has 4 heterocycles. The van der Waals surface area contributed by atoms with E-state index in [9.17, 15) is 4.79 Å². The summed E-state index contributed by atoms with van der Waals surface area (Å²) in [5.41, 5.74) is 5.54. The summed E-state index contributed by atoms with van der Waals surface area (Å²) in [6.45, 7) is 7.38. The van der Waals surface area contributed by atoms with Crippen LogP contribution in [0.25, 0.3) is 0 Å². The van der Waals surface area contributed by atoms with E-state index in [4.69, 9.17) is 20.1 Å². The van der Waals surface area contributed by atoms with Crippen LogP contribution in [0.5, 0.6) is 0 Å². The second kappa shape index (κ2) is 11.2. The van der Waals surface area contributed by atoms with E-state index in [1.165, 1.54) is 25.7 Å². The number of likely N-dealkylation sites (N-methyl/N-ethyl adjacent to an activating group) is 1. The van der Waals surface area contributed by atoms with Gasteiger partial charge >= 0.3 is 6.03 Å². The number of hydrogen-bond acceptors (Lipinski definition) is 8. The lowest BCUT2D eigenvalue weighted by atomic mass is 10.4. The number of rotatable bonds is 11. The van der Waals surface area contributed by atoms with Gasteiger partial charge in [-0.2, -0.15) is 9.97 Å². The average Bonchev–Trinajstić information content (AvgIpc) is 3.59. The third kappa shape index (κ3) is 6.50. The first-order valence-corrected chi connectivity index (χ1v) is 12.0. The van der Waals surface area contributed by atoms with Crippen molar-refractivity contribution in [1.82, 2.24) is 19.8 Å². The Hall–Kier alpha value is -3.01. The number of furan rings is 1. The van der Waals surface area contributed by atoms with E-state index < -0.39 is 6.03 Å². The molecule has 2 amide bonds. The zero-order valence-electron chi connectivity index (χ0n) is 19.6. The van der Waals surface area contributed by atoms with Gasteiger partial charge in [-0.15, -0.1) is 0 Å². The SMILES string of the molecule is CN(CCNc1cc(N2CCCC2)nc(N2CCCC2)n1)CCN(Cc1ccco1)C(N)=O. The van der Waals surface area contributed by atoms with Crippen molar-refractivity contribution in [3.05, 3.63) is 30.2 Å².